The zero-order valence-electron chi connectivity index (χ0n) is 13.0. The van der Waals surface area contributed by atoms with E-state index in [9.17, 15) is 14.9 Å². The molecule has 0 spiro atoms. The first-order valence-electron chi connectivity index (χ1n) is 6.86. The van der Waals surface area contributed by atoms with Gasteiger partial charge in [0.15, 0.2) is 5.69 Å². The lowest BCUT2D eigenvalue weighted by atomic mass is 10.2. The van der Waals surface area contributed by atoms with Gasteiger partial charge >= 0.3 is 5.97 Å². The molecule has 0 amide bonds. The molecule has 0 N–H and O–H groups in total. The molecule has 0 aliphatic carbocycles. The fourth-order valence-electron chi connectivity index (χ4n) is 1.69. The van der Waals surface area contributed by atoms with Crippen LogP contribution < -0.4 is 4.74 Å². The molecule has 0 aliphatic heterocycles. The van der Waals surface area contributed by atoms with E-state index in [1.54, 1.807) is 26.8 Å². The first-order chi connectivity index (χ1) is 10.7. The summed E-state index contributed by atoms with van der Waals surface area (Å²) < 4.78 is 10.8. The Balaban J connectivity index is 2.13. The van der Waals surface area contributed by atoms with Gasteiger partial charge in [0.2, 0.25) is 0 Å². The predicted octanol–water partition coefficient (Wildman–Crippen LogP) is 3.74. The summed E-state index contributed by atoms with van der Waals surface area (Å²) >= 11 is 0. The molecule has 2 rings (SSSR count). The van der Waals surface area contributed by atoms with Gasteiger partial charge in [-0.1, -0.05) is 0 Å². The summed E-state index contributed by atoms with van der Waals surface area (Å²) in [4.78, 5) is 26.0. The highest BCUT2D eigenvalue weighted by Crippen LogP contribution is 2.24. The highest BCUT2D eigenvalue weighted by Gasteiger charge is 2.19. The summed E-state index contributed by atoms with van der Waals surface area (Å²) in [6.45, 7) is 5.30. The van der Waals surface area contributed by atoms with Crippen molar-refractivity contribution >= 4 is 11.7 Å². The number of nitro groups is 1. The van der Waals surface area contributed by atoms with Crippen LogP contribution in [0.3, 0.4) is 0 Å². The molecule has 0 aliphatic rings. The standard InChI is InChI=1S/C16H16N2O5/c1-16(2,3)23-15(19)14-10-13(8-9-17-14)22-12-6-4-11(5-7-12)18(20)21/h4-10H,1-3H3. The van der Waals surface area contributed by atoms with Gasteiger partial charge in [0.1, 0.15) is 17.1 Å². The highest BCUT2D eigenvalue weighted by atomic mass is 16.6. The van der Waals surface area contributed by atoms with Crippen LogP contribution in [-0.2, 0) is 4.74 Å². The van der Waals surface area contributed by atoms with Crippen LogP contribution in [0.4, 0.5) is 5.69 Å². The van der Waals surface area contributed by atoms with Gasteiger partial charge in [-0.15, -0.1) is 0 Å². The Morgan fingerprint density at radius 3 is 2.35 bits per heavy atom. The monoisotopic (exact) mass is 316 g/mol. The van der Waals surface area contributed by atoms with Crippen LogP contribution in [0.1, 0.15) is 31.3 Å². The smallest absolute Gasteiger partial charge is 0.357 e. The van der Waals surface area contributed by atoms with Gasteiger partial charge in [-0.3, -0.25) is 10.1 Å². The largest absolute Gasteiger partial charge is 0.457 e. The van der Waals surface area contributed by atoms with E-state index >= 15 is 0 Å². The van der Waals surface area contributed by atoms with Crippen LogP contribution in [0.15, 0.2) is 42.6 Å². The molecule has 1 heterocycles. The number of aromatic nitrogens is 1. The van der Waals surface area contributed by atoms with E-state index in [4.69, 9.17) is 9.47 Å². The third-order valence-electron chi connectivity index (χ3n) is 2.62. The zero-order chi connectivity index (χ0) is 17.0. The molecule has 0 radical (unpaired) electrons. The van der Waals surface area contributed by atoms with Gasteiger partial charge in [-0.25, -0.2) is 9.78 Å². The summed E-state index contributed by atoms with van der Waals surface area (Å²) in [5.41, 5.74) is -0.519. The van der Waals surface area contributed by atoms with Gasteiger partial charge < -0.3 is 9.47 Å². The number of carbonyl (C=O) groups excluding carboxylic acids is 1. The Bertz CT molecular complexity index is 720. The van der Waals surface area contributed by atoms with Crippen molar-refractivity contribution in [3.63, 3.8) is 0 Å². The molecule has 0 unspecified atom stereocenters. The number of rotatable bonds is 4. The summed E-state index contributed by atoms with van der Waals surface area (Å²) in [5.74, 6) is 0.248. The summed E-state index contributed by atoms with van der Waals surface area (Å²) in [6, 6.07) is 8.67. The Hall–Kier alpha value is -2.96. The Labute approximate surface area is 133 Å². The normalized spacial score (nSPS) is 10.9. The molecule has 0 atom stereocenters. The molecule has 7 heteroatoms. The summed E-state index contributed by atoms with van der Waals surface area (Å²) in [5, 5.41) is 10.6. The number of hydrogen-bond acceptors (Lipinski definition) is 6. The number of non-ortho nitro benzene ring substituents is 1. The van der Waals surface area contributed by atoms with Gasteiger partial charge in [0.25, 0.3) is 5.69 Å². The minimum absolute atomic E-state index is 0.0264. The first kappa shape index (κ1) is 16.4. The van der Waals surface area contributed by atoms with Crippen LogP contribution in [0, 0.1) is 10.1 Å². The molecule has 2 aromatic rings. The van der Waals surface area contributed by atoms with Crippen molar-refractivity contribution in [1.82, 2.24) is 4.98 Å². The number of hydrogen-bond donors (Lipinski definition) is 0. The number of ether oxygens (including phenoxy) is 2. The van der Waals surface area contributed by atoms with Crippen molar-refractivity contribution in [2.24, 2.45) is 0 Å². The number of esters is 1. The third-order valence-corrected chi connectivity index (χ3v) is 2.62. The number of pyridine rings is 1. The molecule has 1 aromatic carbocycles. The molecule has 0 fully saturated rings. The van der Waals surface area contributed by atoms with Crippen molar-refractivity contribution in [2.45, 2.75) is 26.4 Å². The number of carbonyl (C=O) groups is 1. The van der Waals surface area contributed by atoms with Crippen molar-refractivity contribution in [3.8, 4) is 11.5 Å². The SMILES string of the molecule is CC(C)(C)OC(=O)c1cc(Oc2ccc([N+](=O)[O-])cc2)ccn1. The van der Waals surface area contributed by atoms with E-state index in [-0.39, 0.29) is 11.4 Å². The van der Waals surface area contributed by atoms with Gasteiger partial charge in [-0.2, -0.15) is 0 Å². The lowest BCUT2D eigenvalue weighted by Gasteiger charge is -2.19. The Kier molecular flexibility index (Phi) is 4.59. The molecular weight excluding hydrogens is 300 g/mol. The van der Waals surface area contributed by atoms with Crippen molar-refractivity contribution in [3.05, 3.63) is 58.4 Å². The van der Waals surface area contributed by atoms with Gasteiger partial charge in [0.05, 0.1) is 4.92 Å². The predicted molar refractivity (Wildman–Crippen MR) is 82.6 cm³/mol. The summed E-state index contributed by atoms with van der Waals surface area (Å²) in [7, 11) is 0. The van der Waals surface area contributed by atoms with Crippen LogP contribution in [0.5, 0.6) is 11.5 Å². The van der Waals surface area contributed by atoms with Crippen LogP contribution in [0.2, 0.25) is 0 Å². The fourth-order valence-corrected chi connectivity index (χ4v) is 1.69. The average Bonchev–Trinajstić information content (AvgIpc) is 2.46. The van der Waals surface area contributed by atoms with E-state index in [2.05, 4.69) is 4.98 Å². The Morgan fingerprint density at radius 2 is 1.78 bits per heavy atom. The minimum Gasteiger partial charge on any atom is -0.457 e. The maximum Gasteiger partial charge on any atom is 0.357 e. The lowest BCUT2D eigenvalue weighted by molar-refractivity contribution is -0.384. The second-order valence-electron chi connectivity index (χ2n) is 5.73. The lowest BCUT2D eigenvalue weighted by Crippen LogP contribution is -2.24. The van der Waals surface area contributed by atoms with E-state index in [1.165, 1.54) is 36.5 Å². The number of nitro benzene ring substituents is 1. The van der Waals surface area contributed by atoms with Gasteiger partial charge in [0, 0.05) is 24.4 Å². The average molecular weight is 316 g/mol. The molecule has 120 valence electrons. The zero-order valence-corrected chi connectivity index (χ0v) is 13.0. The molecular formula is C16H16N2O5. The number of nitrogens with zero attached hydrogens (tertiary/aromatic N) is 2. The van der Waals surface area contributed by atoms with Crippen LogP contribution >= 0.6 is 0 Å². The van der Waals surface area contributed by atoms with Crippen molar-refractivity contribution in [1.29, 1.82) is 0 Å². The first-order valence-corrected chi connectivity index (χ1v) is 6.86. The van der Waals surface area contributed by atoms with Crippen molar-refractivity contribution in [2.75, 3.05) is 0 Å². The topological polar surface area (TPSA) is 91.6 Å². The molecule has 0 saturated heterocycles. The molecule has 0 bridgehead atoms. The summed E-state index contributed by atoms with van der Waals surface area (Å²) in [6.07, 6.45) is 1.43. The highest BCUT2D eigenvalue weighted by molar-refractivity contribution is 5.87. The van der Waals surface area contributed by atoms with E-state index in [0.717, 1.165) is 0 Å². The van der Waals surface area contributed by atoms with E-state index < -0.39 is 16.5 Å². The third kappa shape index (κ3) is 4.77. The van der Waals surface area contributed by atoms with Crippen LogP contribution in [-0.4, -0.2) is 21.5 Å². The maximum absolute atomic E-state index is 12.0. The molecule has 7 nitrogen and oxygen atoms in total. The van der Waals surface area contributed by atoms with Crippen molar-refractivity contribution < 1.29 is 19.2 Å². The van der Waals surface area contributed by atoms with Gasteiger partial charge in [-0.05, 0) is 39.0 Å². The molecule has 23 heavy (non-hydrogen) atoms. The second-order valence-corrected chi connectivity index (χ2v) is 5.73. The van der Waals surface area contributed by atoms with E-state index in [1.807, 2.05) is 0 Å². The quantitative estimate of drug-likeness (QED) is 0.485. The minimum atomic E-state index is -0.617. The van der Waals surface area contributed by atoms with Crippen LogP contribution in [0.25, 0.3) is 0 Å². The Morgan fingerprint density at radius 1 is 1.13 bits per heavy atom. The number of benzene rings is 1. The second kappa shape index (κ2) is 6.43. The maximum atomic E-state index is 12.0. The fraction of sp³-hybridized carbons (Fsp3) is 0.250. The molecule has 1 aromatic heterocycles. The molecule has 0 saturated carbocycles. The van der Waals surface area contributed by atoms with E-state index in [0.29, 0.717) is 11.5 Å².